The van der Waals surface area contributed by atoms with Crippen LogP contribution in [0.4, 0.5) is 5.69 Å². The summed E-state index contributed by atoms with van der Waals surface area (Å²) in [5.41, 5.74) is 2.27. The predicted octanol–water partition coefficient (Wildman–Crippen LogP) is 3.99. The largest absolute Gasteiger partial charge is 0.493 e. The molecule has 2 aromatic carbocycles. The molecule has 0 spiro atoms. The van der Waals surface area contributed by atoms with Gasteiger partial charge in [0.2, 0.25) is 5.91 Å². The lowest BCUT2D eigenvalue weighted by atomic mass is 10.1. The molecule has 27 heavy (non-hydrogen) atoms. The van der Waals surface area contributed by atoms with E-state index in [1.807, 2.05) is 36.4 Å². The Balaban J connectivity index is 2.00. The smallest absolute Gasteiger partial charge is 0.255 e. The number of nitrogens with one attached hydrogen (secondary N) is 1. The Bertz CT molecular complexity index is 785. The van der Waals surface area contributed by atoms with Crippen LogP contribution >= 0.6 is 0 Å². The van der Waals surface area contributed by atoms with Gasteiger partial charge in [-0.3, -0.25) is 9.59 Å². The Morgan fingerprint density at radius 3 is 2.52 bits per heavy atom. The molecule has 0 aliphatic carbocycles. The number of hydrogen-bond acceptors (Lipinski definition) is 3. The Labute approximate surface area is 161 Å². The van der Waals surface area contributed by atoms with Crippen molar-refractivity contribution in [2.24, 2.45) is 5.92 Å². The number of carbonyl (C=O) groups is 2. The molecule has 0 radical (unpaired) electrons. The molecular formula is C22H28N2O3. The molecule has 2 amide bonds. The van der Waals surface area contributed by atoms with Gasteiger partial charge in [-0.25, -0.2) is 0 Å². The van der Waals surface area contributed by atoms with Crippen LogP contribution in [0.25, 0.3) is 0 Å². The van der Waals surface area contributed by atoms with Crippen LogP contribution in [0.2, 0.25) is 0 Å². The van der Waals surface area contributed by atoms with Gasteiger partial charge in [0.05, 0.1) is 6.61 Å². The first-order valence-corrected chi connectivity index (χ1v) is 9.18. The number of carbonyl (C=O) groups excluding carboxylic acids is 2. The van der Waals surface area contributed by atoms with Gasteiger partial charge in [-0.05, 0) is 48.2 Å². The van der Waals surface area contributed by atoms with Crippen molar-refractivity contribution >= 4 is 17.5 Å². The van der Waals surface area contributed by atoms with Crippen molar-refractivity contribution in [2.45, 2.75) is 26.7 Å². The molecule has 1 N–H and O–H groups in total. The Morgan fingerprint density at radius 2 is 1.81 bits per heavy atom. The zero-order valence-corrected chi connectivity index (χ0v) is 16.5. The van der Waals surface area contributed by atoms with E-state index in [1.54, 1.807) is 31.1 Å². The quantitative estimate of drug-likeness (QED) is 0.766. The molecule has 2 rings (SSSR count). The van der Waals surface area contributed by atoms with Gasteiger partial charge in [-0.1, -0.05) is 32.0 Å². The maximum Gasteiger partial charge on any atom is 0.255 e. The lowest BCUT2D eigenvalue weighted by Gasteiger charge is -2.12. The molecule has 0 aliphatic rings. The molecule has 0 fully saturated rings. The lowest BCUT2D eigenvalue weighted by molar-refractivity contribution is -0.128. The van der Waals surface area contributed by atoms with Crippen molar-refractivity contribution in [3.8, 4) is 5.75 Å². The molecule has 0 atom stereocenters. The Hall–Kier alpha value is -2.82. The van der Waals surface area contributed by atoms with Gasteiger partial charge < -0.3 is 15.0 Å². The molecule has 0 saturated carbocycles. The second kappa shape index (κ2) is 9.76. The molecule has 0 heterocycles. The third kappa shape index (κ3) is 6.77. The third-order valence-corrected chi connectivity index (χ3v) is 3.99. The highest BCUT2D eigenvalue weighted by Gasteiger charge is 2.09. The highest BCUT2D eigenvalue weighted by molar-refractivity contribution is 6.04. The number of nitrogens with zero attached hydrogens (tertiary/aromatic N) is 1. The van der Waals surface area contributed by atoms with Gasteiger partial charge in [0, 0.05) is 31.8 Å². The first kappa shape index (κ1) is 20.5. The van der Waals surface area contributed by atoms with Crippen LogP contribution in [0.3, 0.4) is 0 Å². The minimum absolute atomic E-state index is 0.0858. The molecule has 0 unspecified atom stereocenters. The lowest BCUT2D eigenvalue weighted by Crippen LogP contribution is -2.21. The van der Waals surface area contributed by atoms with E-state index in [0.717, 1.165) is 5.56 Å². The summed E-state index contributed by atoms with van der Waals surface area (Å²) in [5, 5.41) is 2.91. The maximum absolute atomic E-state index is 12.5. The minimum atomic E-state index is -0.188. The van der Waals surface area contributed by atoms with Crippen LogP contribution in [0.1, 0.15) is 36.2 Å². The zero-order chi connectivity index (χ0) is 19.8. The number of amides is 2. The standard InChI is InChI=1S/C22H28N2O3/c1-16(2)15-27-20-10-6-8-18(14-20)22(26)23-19-9-5-7-17(13-19)11-12-21(25)24(3)4/h5-10,13-14,16H,11-12,15H2,1-4H3,(H,23,26). The van der Waals surface area contributed by atoms with Gasteiger partial charge in [0.25, 0.3) is 5.91 Å². The van der Waals surface area contributed by atoms with E-state index in [9.17, 15) is 9.59 Å². The predicted molar refractivity (Wildman–Crippen MR) is 108 cm³/mol. The van der Waals surface area contributed by atoms with E-state index in [-0.39, 0.29) is 11.8 Å². The van der Waals surface area contributed by atoms with E-state index in [2.05, 4.69) is 19.2 Å². The van der Waals surface area contributed by atoms with Crippen LogP contribution in [0.15, 0.2) is 48.5 Å². The second-order valence-electron chi connectivity index (χ2n) is 7.18. The van der Waals surface area contributed by atoms with E-state index < -0.39 is 0 Å². The zero-order valence-electron chi connectivity index (χ0n) is 16.5. The molecule has 2 aromatic rings. The van der Waals surface area contributed by atoms with Crippen molar-refractivity contribution in [2.75, 3.05) is 26.0 Å². The van der Waals surface area contributed by atoms with E-state index in [0.29, 0.717) is 42.4 Å². The number of aryl methyl sites for hydroxylation is 1. The van der Waals surface area contributed by atoms with Crippen molar-refractivity contribution in [3.05, 3.63) is 59.7 Å². The number of ether oxygens (including phenoxy) is 1. The topological polar surface area (TPSA) is 58.6 Å². The van der Waals surface area contributed by atoms with Crippen LogP contribution in [-0.2, 0) is 11.2 Å². The number of anilines is 1. The van der Waals surface area contributed by atoms with E-state index in [4.69, 9.17) is 4.74 Å². The summed E-state index contributed by atoms with van der Waals surface area (Å²) in [7, 11) is 3.50. The summed E-state index contributed by atoms with van der Waals surface area (Å²) in [5.74, 6) is 1.01. The monoisotopic (exact) mass is 368 g/mol. The molecular weight excluding hydrogens is 340 g/mol. The van der Waals surface area contributed by atoms with Crippen LogP contribution in [0, 0.1) is 5.92 Å². The average molecular weight is 368 g/mol. The summed E-state index contributed by atoms with van der Waals surface area (Å²) in [6.07, 6.45) is 1.08. The fourth-order valence-corrected chi connectivity index (χ4v) is 2.47. The van der Waals surface area contributed by atoms with Crippen molar-refractivity contribution in [3.63, 3.8) is 0 Å². The minimum Gasteiger partial charge on any atom is -0.493 e. The molecule has 5 nitrogen and oxygen atoms in total. The summed E-state index contributed by atoms with van der Waals surface area (Å²) < 4.78 is 5.69. The molecule has 0 bridgehead atoms. The fraction of sp³-hybridized carbons (Fsp3) is 0.364. The molecule has 0 aliphatic heterocycles. The van der Waals surface area contributed by atoms with Crippen molar-refractivity contribution in [1.29, 1.82) is 0 Å². The Morgan fingerprint density at radius 1 is 1.07 bits per heavy atom. The molecule has 144 valence electrons. The summed E-state index contributed by atoms with van der Waals surface area (Å²) in [6, 6.07) is 14.8. The summed E-state index contributed by atoms with van der Waals surface area (Å²) in [6.45, 7) is 4.77. The van der Waals surface area contributed by atoms with Gasteiger partial charge in [-0.2, -0.15) is 0 Å². The summed E-state index contributed by atoms with van der Waals surface area (Å²) in [4.78, 5) is 25.9. The molecule has 0 saturated heterocycles. The number of benzene rings is 2. The van der Waals surface area contributed by atoms with Crippen LogP contribution in [-0.4, -0.2) is 37.4 Å². The third-order valence-electron chi connectivity index (χ3n) is 3.99. The number of hydrogen-bond donors (Lipinski definition) is 1. The van der Waals surface area contributed by atoms with Gasteiger partial charge in [0.1, 0.15) is 5.75 Å². The highest BCUT2D eigenvalue weighted by Crippen LogP contribution is 2.17. The SMILES string of the molecule is CC(C)COc1cccc(C(=O)Nc2cccc(CCC(=O)N(C)C)c2)c1. The van der Waals surface area contributed by atoms with Crippen LogP contribution in [0.5, 0.6) is 5.75 Å². The second-order valence-corrected chi connectivity index (χ2v) is 7.18. The fourth-order valence-electron chi connectivity index (χ4n) is 2.47. The van der Waals surface area contributed by atoms with Gasteiger partial charge >= 0.3 is 0 Å². The van der Waals surface area contributed by atoms with E-state index in [1.165, 1.54) is 0 Å². The maximum atomic E-state index is 12.5. The van der Waals surface area contributed by atoms with Crippen molar-refractivity contribution < 1.29 is 14.3 Å². The normalized spacial score (nSPS) is 10.6. The first-order valence-electron chi connectivity index (χ1n) is 9.18. The van der Waals surface area contributed by atoms with Crippen molar-refractivity contribution in [1.82, 2.24) is 4.90 Å². The molecule has 5 heteroatoms. The molecule has 0 aromatic heterocycles. The average Bonchev–Trinajstić information content (AvgIpc) is 2.64. The van der Waals surface area contributed by atoms with E-state index >= 15 is 0 Å². The van der Waals surface area contributed by atoms with Gasteiger partial charge in [0.15, 0.2) is 0 Å². The van der Waals surface area contributed by atoms with Crippen LogP contribution < -0.4 is 10.1 Å². The van der Waals surface area contributed by atoms with Gasteiger partial charge in [-0.15, -0.1) is 0 Å². The highest BCUT2D eigenvalue weighted by atomic mass is 16.5. The Kier molecular flexibility index (Phi) is 7.41. The first-order chi connectivity index (χ1) is 12.8. The summed E-state index contributed by atoms with van der Waals surface area (Å²) >= 11 is 0. The number of rotatable bonds is 8.